The Balaban J connectivity index is 1.46. The molecule has 0 fully saturated rings. The molecule has 0 bridgehead atoms. The largest absolute Gasteiger partial charge is 0.417 e. The lowest BCUT2D eigenvalue weighted by Crippen LogP contribution is -2.12. The fourth-order valence-corrected chi connectivity index (χ4v) is 6.39. The molecule has 0 amide bonds. The molecule has 59 heavy (non-hydrogen) atoms. The minimum Gasteiger partial charge on any atom is -0.311 e. The Morgan fingerprint density at radius 1 is 0.322 bits per heavy atom. The number of hydrogen-bond donors (Lipinski definition) is 0. The third-order valence-electron chi connectivity index (χ3n) is 9.16. The van der Waals surface area contributed by atoms with Gasteiger partial charge in [-0.2, -0.15) is 65.9 Å². The highest BCUT2D eigenvalue weighted by Crippen LogP contribution is 2.45. The highest BCUT2D eigenvalue weighted by Gasteiger charge is 2.40. The first kappa shape index (κ1) is 42.6. The number of nitrogens with zero attached hydrogens (tertiary/aromatic N) is 1. The van der Waals surface area contributed by atoms with Crippen LogP contribution in [-0.2, 0) is 37.6 Å². The lowest BCUT2D eigenvalue weighted by Gasteiger charge is -2.26. The summed E-state index contributed by atoms with van der Waals surface area (Å²) in [5.74, 6) is 0. The zero-order chi connectivity index (χ0) is 43.3. The highest BCUT2D eigenvalue weighted by atomic mass is 19.4. The second kappa shape index (κ2) is 15.3. The minimum absolute atomic E-state index is 0.0288. The Hall–Kier alpha value is -6.00. The van der Waals surface area contributed by atoms with Crippen LogP contribution in [0.15, 0.2) is 127 Å². The molecule has 0 radical (unpaired) electrons. The lowest BCUT2D eigenvalue weighted by atomic mass is 9.95. The average Bonchev–Trinajstić information content (AvgIpc) is 3.16. The van der Waals surface area contributed by atoms with Gasteiger partial charge in [-0.05, 0) is 106 Å². The van der Waals surface area contributed by atoms with Crippen molar-refractivity contribution >= 4 is 17.1 Å². The third kappa shape index (κ3) is 9.18. The van der Waals surface area contributed by atoms with Crippen molar-refractivity contribution < 1.29 is 70.2 Å². The first-order chi connectivity index (χ1) is 27.4. The van der Waals surface area contributed by atoms with Gasteiger partial charge >= 0.3 is 30.9 Å². The van der Waals surface area contributed by atoms with E-state index in [4.69, 9.17) is 0 Å². The van der Waals surface area contributed by atoms with Crippen molar-refractivity contribution in [1.29, 1.82) is 0 Å². The van der Waals surface area contributed by atoms with Crippen LogP contribution < -0.4 is 4.90 Å². The number of benzene rings is 6. The minimum atomic E-state index is -5.21. The van der Waals surface area contributed by atoms with Crippen LogP contribution in [0.25, 0.3) is 33.4 Å². The molecule has 0 saturated heterocycles. The average molecular weight is 846 g/mol. The maximum Gasteiger partial charge on any atom is 0.417 e. The first-order valence-electron chi connectivity index (χ1n) is 16.8. The van der Waals surface area contributed by atoms with Crippen molar-refractivity contribution in [2.45, 2.75) is 37.6 Å². The van der Waals surface area contributed by atoms with Gasteiger partial charge in [-0.15, -0.1) is 0 Å². The summed E-state index contributed by atoms with van der Waals surface area (Å²) in [4.78, 5) is 1.39. The Kier molecular flexibility index (Phi) is 11.1. The van der Waals surface area contributed by atoms with Gasteiger partial charge < -0.3 is 4.90 Å². The van der Waals surface area contributed by atoms with E-state index in [2.05, 4.69) is 0 Å². The normalized spacial score (nSPS) is 12.8. The van der Waals surface area contributed by atoms with Crippen LogP contribution in [0.3, 0.4) is 0 Å². The Bertz CT molecular complexity index is 2320. The molecule has 0 aliphatic carbocycles. The number of hydrogen-bond acceptors (Lipinski definition) is 1. The van der Waals surface area contributed by atoms with Crippen LogP contribution in [0.4, 0.5) is 87.3 Å². The van der Waals surface area contributed by atoms with Gasteiger partial charge in [0.1, 0.15) is 6.67 Å². The van der Waals surface area contributed by atoms with E-state index in [0.717, 1.165) is 36.4 Å². The Morgan fingerprint density at radius 3 is 0.881 bits per heavy atom. The van der Waals surface area contributed by atoms with Crippen LogP contribution in [-0.4, -0.2) is 0 Å². The van der Waals surface area contributed by atoms with Crippen molar-refractivity contribution in [1.82, 2.24) is 0 Å². The molecule has 0 aliphatic heterocycles. The van der Waals surface area contributed by atoms with Crippen LogP contribution in [0.5, 0.6) is 0 Å². The van der Waals surface area contributed by atoms with Crippen LogP contribution in [0.2, 0.25) is 0 Å². The molecule has 0 unspecified atom stereocenters. The van der Waals surface area contributed by atoms with E-state index in [1.807, 2.05) is 0 Å². The van der Waals surface area contributed by atoms with Crippen LogP contribution in [0, 0.1) is 0 Å². The van der Waals surface area contributed by atoms with Gasteiger partial charge in [-0.3, -0.25) is 0 Å². The summed E-state index contributed by atoms with van der Waals surface area (Å²) in [6.45, 7) is -1.17. The summed E-state index contributed by atoms with van der Waals surface area (Å²) in [5.41, 5.74) is -8.96. The molecule has 0 N–H and O–H groups in total. The second-order valence-corrected chi connectivity index (χ2v) is 13.0. The van der Waals surface area contributed by atoms with E-state index in [1.54, 1.807) is 0 Å². The SMILES string of the molecule is FCc1ccc(-c2ccc(N(c3ccc(-c4ccc(C(F)(F)F)cc4C(F)(F)F)cc3)c3ccc(-c4ccc(C(F)(F)F)cc4C(F)(F)F)cc3)cc2)c(C(F)(F)F)c1. The Labute approximate surface area is 323 Å². The number of rotatable bonds is 7. The molecule has 0 aliphatic rings. The van der Waals surface area contributed by atoms with Crippen LogP contribution >= 0.6 is 0 Å². The molecule has 17 heteroatoms. The van der Waals surface area contributed by atoms with Crippen molar-refractivity contribution in [3.05, 3.63) is 161 Å². The maximum atomic E-state index is 14.0. The molecule has 1 nitrogen and oxygen atoms in total. The van der Waals surface area contributed by atoms with Gasteiger partial charge in [0.25, 0.3) is 0 Å². The monoisotopic (exact) mass is 845 g/mol. The van der Waals surface area contributed by atoms with Crippen molar-refractivity contribution in [3.8, 4) is 33.4 Å². The number of halogens is 16. The van der Waals surface area contributed by atoms with Crippen molar-refractivity contribution in [3.63, 3.8) is 0 Å². The standard InChI is InChI=1S/C42H23F16N/c43-22-23-1-16-32(35(19-23)40(50,51)52)24-2-10-29(11-3-24)59(30-12-4-25(5-13-30)33-17-8-27(38(44,45)46)20-36(33)41(53,54)55)31-14-6-26(7-15-31)34-18-9-28(39(47,48)49)21-37(34)42(56,57)58/h1-21H,22H2. The number of anilines is 3. The second-order valence-electron chi connectivity index (χ2n) is 13.0. The summed E-state index contributed by atoms with van der Waals surface area (Å²) in [5, 5.41) is 0. The number of alkyl halides is 16. The van der Waals surface area contributed by atoms with E-state index in [0.29, 0.717) is 30.3 Å². The lowest BCUT2D eigenvalue weighted by molar-refractivity contribution is -0.144. The Morgan fingerprint density at radius 2 is 0.610 bits per heavy atom. The van der Waals surface area contributed by atoms with Gasteiger partial charge in [0.05, 0.1) is 27.8 Å². The summed E-state index contributed by atoms with van der Waals surface area (Å²) in [7, 11) is 0. The fourth-order valence-electron chi connectivity index (χ4n) is 6.39. The predicted molar refractivity (Wildman–Crippen MR) is 187 cm³/mol. The molecular formula is C42H23F16N. The maximum absolute atomic E-state index is 14.0. The van der Waals surface area contributed by atoms with Gasteiger partial charge in [0.15, 0.2) is 0 Å². The van der Waals surface area contributed by atoms with E-state index >= 15 is 0 Å². The zero-order valence-electron chi connectivity index (χ0n) is 29.3. The van der Waals surface area contributed by atoms with Crippen molar-refractivity contribution in [2.24, 2.45) is 0 Å². The van der Waals surface area contributed by atoms with Crippen LogP contribution in [0.1, 0.15) is 33.4 Å². The zero-order valence-corrected chi connectivity index (χ0v) is 29.3. The topological polar surface area (TPSA) is 3.24 Å². The predicted octanol–water partition coefficient (Wildman–Crippen LogP) is 15.7. The van der Waals surface area contributed by atoms with Crippen molar-refractivity contribution in [2.75, 3.05) is 4.90 Å². The molecule has 0 atom stereocenters. The molecule has 0 heterocycles. The third-order valence-corrected chi connectivity index (χ3v) is 9.16. The smallest absolute Gasteiger partial charge is 0.311 e. The van der Waals surface area contributed by atoms with E-state index in [-0.39, 0.29) is 57.0 Å². The van der Waals surface area contributed by atoms with Gasteiger partial charge in [0, 0.05) is 17.1 Å². The summed E-state index contributed by atoms with van der Waals surface area (Å²) < 4.78 is 219. The molecule has 6 aromatic rings. The summed E-state index contributed by atoms with van der Waals surface area (Å²) in [6.07, 6.45) is -25.5. The van der Waals surface area contributed by atoms with E-state index in [1.165, 1.54) is 53.4 Å². The summed E-state index contributed by atoms with van der Waals surface area (Å²) >= 11 is 0. The van der Waals surface area contributed by atoms with E-state index < -0.39 is 76.5 Å². The molecule has 0 aromatic heterocycles. The molecule has 0 spiro atoms. The summed E-state index contributed by atoms with van der Waals surface area (Å²) in [6, 6.07) is 20.0. The van der Waals surface area contributed by atoms with E-state index in [9.17, 15) is 70.2 Å². The molecule has 308 valence electrons. The van der Waals surface area contributed by atoms with Gasteiger partial charge in [-0.1, -0.05) is 60.7 Å². The van der Waals surface area contributed by atoms with Gasteiger partial charge in [0.2, 0.25) is 0 Å². The molecule has 6 aromatic carbocycles. The quantitative estimate of drug-likeness (QED) is 0.145. The first-order valence-corrected chi connectivity index (χ1v) is 16.8. The highest BCUT2D eigenvalue weighted by molar-refractivity contribution is 5.82. The van der Waals surface area contributed by atoms with Gasteiger partial charge in [-0.25, -0.2) is 4.39 Å². The fraction of sp³-hybridized carbons (Fsp3) is 0.143. The molecular weight excluding hydrogens is 822 g/mol. The molecule has 6 rings (SSSR count). The molecule has 0 saturated carbocycles.